The quantitative estimate of drug-likeness (QED) is 0.287. The molecule has 1 aliphatic rings. The number of aryl methyl sites for hydroxylation is 1. The van der Waals surface area contributed by atoms with E-state index in [2.05, 4.69) is 15.4 Å². The van der Waals surface area contributed by atoms with E-state index in [0.29, 0.717) is 47.5 Å². The molecule has 2 aromatic carbocycles. The van der Waals surface area contributed by atoms with Crippen molar-refractivity contribution in [2.75, 3.05) is 11.9 Å². The molecule has 1 atom stereocenters. The number of nitrogens with one attached hydrogen (secondary N) is 1. The highest BCUT2D eigenvalue weighted by Crippen LogP contribution is 2.41. The van der Waals surface area contributed by atoms with E-state index in [0.717, 1.165) is 5.56 Å². The Kier molecular flexibility index (Phi) is 7.72. The Morgan fingerprint density at radius 3 is 2.55 bits per heavy atom. The van der Waals surface area contributed by atoms with Gasteiger partial charge < -0.3 is 19.9 Å². The molecule has 0 saturated carbocycles. The second-order valence-electron chi connectivity index (χ2n) is 11.3. The number of hydrogen-bond donors (Lipinski definition) is 2. The number of nitrogens with zero attached hydrogens (tertiary/aromatic N) is 3. The number of amides is 1. The number of carbonyl (C=O) groups is 2. The number of aromatic nitrogens is 3. The Labute approximate surface area is 241 Å². The maximum absolute atomic E-state index is 15.5. The van der Waals surface area contributed by atoms with Gasteiger partial charge in [-0.3, -0.25) is 4.79 Å². The fourth-order valence-corrected chi connectivity index (χ4v) is 5.23. The first-order valence-corrected chi connectivity index (χ1v) is 13.6. The van der Waals surface area contributed by atoms with Crippen LogP contribution in [0.25, 0.3) is 16.9 Å². The summed E-state index contributed by atoms with van der Waals surface area (Å²) in [5.41, 5.74) is 2.79. The van der Waals surface area contributed by atoms with Crippen molar-refractivity contribution < 1.29 is 33.0 Å². The first kappa shape index (κ1) is 29.1. The van der Waals surface area contributed by atoms with Crippen molar-refractivity contribution >= 4 is 23.3 Å². The molecule has 0 saturated heterocycles. The zero-order chi connectivity index (χ0) is 30.3. The lowest BCUT2D eigenvalue weighted by molar-refractivity contribution is -0.160. The van der Waals surface area contributed by atoms with Gasteiger partial charge in [0.25, 0.3) is 0 Å². The van der Waals surface area contributed by atoms with Crippen molar-refractivity contribution in [1.29, 1.82) is 0 Å². The SMILES string of the molecule is Cc1nc2cc(NC(=O)Cc3ccc(F)cc3)nn2c(-c2cc(F)c3c(c2C)CCCO3)c1[C@H](OC(C)(C)C)C(=O)O. The van der Waals surface area contributed by atoms with E-state index in [4.69, 9.17) is 9.47 Å². The maximum atomic E-state index is 15.5. The molecule has 2 aromatic heterocycles. The summed E-state index contributed by atoms with van der Waals surface area (Å²) >= 11 is 0. The van der Waals surface area contributed by atoms with Crippen LogP contribution in [0.4, 0.5) is 14.6 Å². The van der Waals surface area contributed by atoms with Gasteiger partial charge in [0.15, 0.2) is 29.1 Å². The van der Waals surface area contributed by atoms with Crippen LogP contribution < -0.4 is 10.1 Å². The highest BCUT2D eigenvalue weighted by atomic mass is 19.1. The molecular weight excluding hydrogens is 546 g/mol. The zero-order valence-corrected chi connectivity index (χ0v) is 24.0. The number of fused-ring (bicyclic) bond motifs is 2. The Balaban J connectivity index is 1.69. The van der Waals surface area contributed by atoms with Crippen molar-refractivity contribution in [3.63, 3.8) is 0 Å². The molecule has 1 aliphatic heterocycles. The molecule has 0 radical (unpaired) electrons. The summed E-state index contributed by atoms with van der Waals surface area (Å²) in [6, 6.07) is 8.46. The molecule has 11 heteroatoms. The van der Waals surface area contributed by atoms with E-state index in [1.54, 1.807) is 33.8 Å². The number of benzene rings is 2. The topological polar surface area (TPSA) is 115 Å². The third kappa shape index (κ3) is 5.82. The average molecular weight is 579 g/mol. The number of hydrogen-bond acceptors (Lipinski definition) is 6. The van der Waals surface area contributed by atoms with Crippen molar-refractivity contribution in [2.24, 2.45) is 0 Å². The molecule has 0 spiro atoms. The first-order valence-electron chi connectivity index (χ1n) is 13.6. The molecule has 42 heavy (non-hydrogen) atoms. The van der Waals surface area contributed by atoms with E-state index in [1.165, 1.54) is 34.8 Å². The number of halogens is 2. The average Bonchev–Trinajstić information content (AvgIpc) is 3.31. The molecule has 4 aromatic rings. The number of carboxylic acid groups (broad SMARTS) is 1. The van der Waals surface area contributed by atoms with Crippen LogP contribution >= 0.6 is 0 Å². The Bertz CT molecular complexity index is 1690. The van der Waals surface area contributed by atoms with Gasteiger partial charge in [0.2, 0.25) is 5.91 Å². The molecule has 5 rings (SSSR count). The molecule has 0 aliphatic carbocycles. The van der Waals surface area contributed by atoms with Crippen molar-refractivity contribution in [1.82, 2.24) is 14.6 Å². The Hall–Kier alpha value is -4.38. The van der Waals surface area contributed by atoms with Crippen molar-refractivity contribution in [3.8, 4) is 17.0 Å². The minimum absolute atomic E-state index is 0.0195. The molecular formula is C31H32F2N4O5. The first-order chi connectivity index (χ1) is 19.8. The molecule has 0 bridgehead atoms. The number of anilines is 1. The van der Waals surface area contributed by atoms with Crippen LogP contribution in [-0.2, 0) is 27.2 Å². The monoisotopic (exact) mass is 578 g/mol. The summed E-state index contributed by atoms with van der Waals surface area (Å²) in [5, 5.41) is 17.6. The second kappa shape index (κ2) is 11.1. The van der Waals surface area contributed by atoms with E-state index in [1.807, 2.05) is 6.92 Å². The number of rotatable bonds is 7. The highest BCUT2D eigenvalue weighted by Gasteiger charge is 2.34. The third-order valence-electron chi connectivity index (χ3n) is 7.02. The fourth-order valence-electron chi connectivity index (χ4n) is 5.23. The number of aliphatic carboxylic acids is 1. The van der Waals surface area contributed by atoms with Gasteiger partial charge in [-0.25, -0.2) is 23.1 Å². The standard InChI is InChI=1S/C31H32F2N4O5/c1-16-20-7-6-12-41-28(20)22(33)14-21(16)27-26(29(30(39)40)42-31(3,4)5)17(2)34-24-15-23(36-37(24)27)35-25(38)13-18-8-10-19(32)11-9-18/h8-11,14-15,29H,6-7,12-13H2,1-5H3,(H,39,40)(H,35,36,38)/t29-/m0/s1. The normalized spacial score (nSPS) is 13.9. The largest absolute Gasteiger partial charge is 0.490 e. The molecule has 2 N–H and O–H groups in total. The molecule has 0 fully saturated rings. The van der Waals surface area contributed by atoms with Gasteiger partial charge >= 0.3 is 5.97 Å². The summed E-state index contributed by atoms with van der Waals surface area (Å²) in [4.78, 5) is 30.0. The van der Waals surface area contributed by atoms with Gasteiger partial charge in [0, 0.05) is 28.5 Å². The highest BCUT2D eigenvalue weighted by molar-refractivity contribution is 5.92. The lowest BCUT2D eigenvalue weighted by Gasteiger charge is -2.28. The van der Waals surface area contributed by atoms with Crippen LogP contribution in [0.5, 0.6) is 5.75 Å². The lowest BCUT2D eigenvalue weighted by Crippen LogP contribution is -2.29. The van der Waals surface area contributed by atoms with Crippen LogP contribution in [0.2, 0.25) is 0 Å². The van der Waals surface area contributed by atoms with Crippen LogP contribution in [0.3, 0.4) is 0 Å². The Morgan fingerprint density at radius 1 is 1.17 bits per heavy atom. The summed E-state index contributed by atoms with van der Waals surface area (Å²) in [6.07, 6.45) is -0.161. The summed E-state index contributed by atoms with van der Waals surface area (Å²) in [6.45, 7) is 9.14. The van der Waals surface area contributed by atoms with Crippen molar-refractivity contribution in [3.05, 3.63) is 76.0 Å². The molecule has 3 heterocycles. The summed E-state index contributed by atoms with van der Waals surface area (Å²) < 4.78 is 41.8. The predicted molar refractivity (Wildman–Crippen MR) is 152 cm³/mol. The van der Waals surface area contributed by atoms with E-state index in [9.17, 15) is 19.1 Å². The number of ether oxygens (including phenoxy) is 2. The maximum Gasteiger partial charge on any atom is 0.337 e. The summed E-state index contributed by atoms with van der Waals surface area (Å²) in [7, 11) is 0. The Morgan fingerprint density at radius 2 is 1.88 bits per heavy atom. The third-order valence-corrected chi connectivity index (χ3v) is 7.02. The van der Waals surface area contributed by atoms with Gasteiger partial charge in [-0.1, -0.05) is 12.1 Å². The minimum atomic E-state index is -1.45. The van der Waals surface area contributed by atoms with Gasteiger partial charge in [-0.2, -0.15) is 0 Å². The smallest absolute Gasteiger partial charge is 0.337 e. The molecule has 220 valence electrons. The lowest BCUT2D eigenvalue weighted by atomic mass is 9.91. The van der Waals surface area contributed by atoms with Crippen LogP contribution in [-0.4, -0.2) is 43.8 Å². The fraction of sp³-hybridized carbons (Fsp3) is 0.355. The number of carbonyl (C=O) groups excluding carboxylic acids is 1. The number of carboxylic acids is 1. The predicted octanol–water partition coefficient (Wildman–Crippen LogP) is 5.74. The molecule has 0 unspecified atom stereocenters. The van der Waals surface area contributed by atoms with Crippen LogP contribution in [0, 0.1) is 25.5 Å². The van der Waals surface area contributed by atoms with Gasteiger partial charge in [-0.05, 0) is 76.8 Å². The van der Waals surface area contributed by atoms with Gasteiger partial charge in [0.1, 0.15) is 5.82 Å². The minimum Gasteiger partial charge on any atom is -0.490 e. The second-order valence-corrected chi connectivity index (χ2v) is 11.3. The van der Waals surface area contributed by atoms with Crippen molar-refractivity contribution in [2.45, 2.75) is 65.6 Å². The summed E-state index contributed by atoms with van der Waals surface area (Å²) in [5.74, 6) is -2.25. The van der Waals surface area contributed by atoms with Gasteiger partial charge in [-0.15, -0.1) is 5.10 Å². The van der Waals surface area contributed by atoms with Crippen LogP contribution in [0.15, 0.2) is 36.4 Å². The van der Waals surface area contributed by atoms with Gasteiger partial charge in [0.05, 0.1) is 24.3 Å². The zero-order valence-electron chi connectivity index (χ0n) is 24.0. The van der Waals surface area contributed by atoms with E-state index < -0.39 is 35.2 Å². The van der Waals surface area contributed by atoms with E-state index >= 15 is 4.39 Å². The molecule has 1 amide bonds. The van der Waals surface area contributed by atoms with Crippen LogP contribution in [0.1, 0.15) is 61.2 Å². The van der Waals surface area contributed by atoms with E-state index in [-0.39, 0.29) is 29.2 Å². The molecule has 9 nitrogen and oxygen atoms in total.